The van der Waals surface area contributed by atoms with E-state index in [-0.39, 0.29) is 24.9 Å². The minimum Gasteiger partial charge on any atom is -0.493 e. The van der Waals surface area contributed by atoms with Gasteiger partial charge in [-0.3, -0.25) is 9.78 Å². The smallest absolute Gasteiger partial charge is 0.471 e. The van der Waals surface area contributed by atoms with Crippen molar-refractivity contribution in [2.45, 2.75) is 43.3 Å². The predicted octanol–water partition coefficient (Wildman–Crippen LogP) is 2.70. The van der Waals surface area contributed by atoms with Crippen molar-refractivity contribution in [3.63, 3.8) is 0 Å². The summed E-state index contributed by atoms with van der Waals surface area (Å²) in [6, 6.07) is 1.74. The van der Waals surface area contributed by atoms with Crippen LogP contribution in [0.2, 0.25) is 0 Å². The van der Waals surface area contributed by atoms with E-state index >= 15 is 0 Å². The summed E-state index contributed by atoms with van der Waals surface area (Å²) in [4.78, 5) is 20.0. The van der Waals surface area contributed by atoms with Crippen LogP contribution in [-0.2, 0) is 15.1 Å². The Kier molecular flexibility index (Phi) is 4.46. The zero-order valence-corrected chi connectivity index (χ0v) is 15.9. The summed E-state index contributed by atoms with van der Waals surface area (Å²) in [6.07, 6.45) is 1.22. The molecule has 5 rings (SSSR count). The molecule has 160 valence electrons. The van der Waals surface area contributed by atoms with E-state index in [1.54, 1.807) is 12.3 Å². The number of rotatable bonds is 7. The molecule has 1 aliphatic heterocycles. The molecule has 3 fully saturated rings. The van der Waals surface area contributed by atoms with Crippen LogP contribution in [0, 0.1) is 5.92 Å². The summed E-state index contributed by atoms with van der Waals surface area (Å²) in [5.74, 6) is -0.386. The van der Waals surface area contributed by atoms with E-state index in [4.69, 9.17) is 14.0 Å². The van der Waals surface area contributed by atoms with Gasteiger partial charge in [0.05, 0.1) is 19.8 Å². The lowest BCUT2D eigenvalue weighted by atomic mass is 9.97. The summed E-state index contributed by atoms with van der Waals surface area (Å²) in [6.45, 7) is 0.255. The molecule has 3 heterocycles. The standard InChI is InChI=1S/C19H19F3N4O4/c20-19(21,22)16(27)25-18(8-28-9-18)17-24-15(26-30-17)13-5-14(29-7-10-1-2-10)12(6-23-13)11-3-4-11/h5-6,10-11H,1-4,7-9H2,(H,25,27). The molecule has 8 nitrogen and oxygen atoms in total. The SMILES string of the molecule is O=C(NC1(c2nc(-c3cc(OCC4CC4)c(C4CC4)cn3)no2)COC1)C(F)(F)F. The van der Waals surface area contributed by atoms with E-state index < -0.39 is 17.6 Å². The first-order chi connectivity index (χ1) is 14.3. The van der Waals surface area contributed by atoms with Crippen molar-refractivity contribution in [1.82, 2.24) is 20.4 Å². The number of ether oxygens (including phenoxy) is 2. The Morgan fingerprint density at radius 3 is 2.63 bits per heavy atom. The number of alkyl halides is 3. The summed E-state index contributed by atoms with van der Waals surface area (Å²) in [5, 5.41) is 5.75. The van der Waals surface area contributed by atoms with E-state index in [1.165, 1.54) is 12.8 Å². The van der Waals surface area contributed by atoms with Crippen LogP contribution in [0.15, 0.2) is 16.8 Å². The largest absolute Gasteiger partial charge is 0.493 e. The van der Waals surface area contributed by atoms with E-state index in [0.29, 0.717) is 24.1 Å². The number of nitrogens with one attached hydrogen (secondary N) is 1. The number of amides is 1. The number of pyridine rings is 1. The minimum absolute atomic E-state index is 0.108. The topological polar surface area (TPSA) is 99.4 Å². The first kappa shape index (κ1) is 19.3. The average Bonchev–Trinajstić information content (AvgIpc) is 3.60. The van der Waals surface area contributed by atoms with Crippen LogP contribution in [0.4, 0.5) is 13.2 Å². The molecule has 2 aliphatic carbocycles. The average molecular weight is 424 g/mol. The van der Waals surface area contributed by atoms with Gasteiger partial charge in [0.2, 0.25) is 5.82 Å². The summed E-state index contributed by atoms with van der Waals surface area (Å²) >= 11 is 0. The van der Waals surface area contributed by atoms with Gasteiger partial charge in [-0.1, -0.05) is 5.16 Å². The molecule has 1 amide bonds. The monoisotopic (exact) mass is 424 g/mol. The molecule has 1 N–H and O–H groups in total. The third-order valence-electron chi connectivity index (χ3n) is 5.46. The maximum Gasteiger partial charge on any atom is 0.471 e. The zero-order chi connectivity index (χ0) is 20.9. The minimum atomic E-state index is -5.03. The second kappa shape index (κ2) is 6.93. The third-order valence-corrected chi connectivity index (χ3v) is 5.46. The molecule has 0 radical (unpaired) electrons. The van der Waals surface area contributed by atoms with Crippen molar-refractivity contribution in [3.05, 3.63) is 23.7 Å². The molecule has 30 heavy (non-hydrogen) atoms. The fourth-order valence-corrected chi connectivity index (χ4v) is 3.25. The molecular weight excluding hydrogens is 405 g/mol. The molecule has 0 unspecified atom stereocenters. The molecule has 3 aliphatic rings. The highest BCUT2D eigenvalue weighted by molar-refractivity contribution is 5.82. The van der Waals surface area contributed by atoms with Crippen molar-refractivity contribution < 1.29 is 32.0 Å². The summed E-state index contributed by atoms with van der Waals surface area (Å²) in [7, 11) is 0. The van der Waals surface area contributed by atoms with Gasteiger partial charge in [0, 0.05) is 17.8 Å². The van der Waals surface area contributed by atoms with Gasteiger partial charge in [0.15, 0.2) is 5.54 Å². The highest BCUT2D eigenvalue weighted by Crippen LogP contribution is 2.45. The van der Waals surface area contributed by atoms with Crippen LogP contribution in [0.25, 0.3) is 11.5 Å². The van der Waals surface area contributed by atoms with Gasteiger partial charge in [-0.05, 0) is 37.5 Å². The number of carbonyl (C=O) groups excluding carboxylic acids is 1. The van der Waals surface area contributed by atoms with Gasteiger partial charge in [-0.2, -0.15) is 18.2 Å². The molecule has 2 aromatic heterocycles. The molecule has 0 bridgehead atoms. The predicted molar refractivity (Wildman–Crippen MR) is 94.4 cm³/mol. The lowest BCUT2D eigenvalue weighted by Crippen LogP contribution is -2.61. The summed E-state index contributed by atoms with van der Waals surface area (Å²) in [5.41, 5.74) is -0.0703. The summed E-state index contributed by atoms with van der Waals surface area (Å²) < 4.78 is 54.2. The Morgan fingerprint density at radius 2 is 2.03 bits per heavy atom. The van der Waals surface area contributed by atoms with Gasteiger partial charge in [-0.25, -0.2) is 0 Å². The van der Waals surface area contributed by atoms with Gasteiger partial charge in [0.1, 0.15) is 11.4 Å². The quantitative estimate of drug-likeness (QED) is 0.730. The third kappa shape index (κ3) is 3.73. The van der Waals surface area contributed by atoms with E-state index in [0.717, 1.165) is 24.2 Å². The molecule has 0 spiro atoms. The van der Waals surface area contributed by atoms with Crippen LogP contribution in [0.3, 0.4) is 0 Å². The second-order valence-corrected chi connectivity index (χ2v) is 8.09. The van der Waals surface area contributed by atoms with Crippen LogP contribution < -0.4 is 10.1 Å². The van der Waals surface area contributed by atoms with Crippen LogP contribution >= 0.6 is 0 Å². The van der Waals surface area contributed by atoms with E-state index in [2.05, 4.69) is 15.1 Å². The van der Waals surface area contributed by atoms with Crippen molar-refractivity contribution >= 4 is 5.91 Å². The lowest BCUT2D eigenvalue weighted by Gasteiger charge is -2.38. The number of carbonyl (C=O) groups is 1. The maximum absolute atomic E-state index is 12.7. The fraction of sp³-hybridized carbons (Fsp3) is 0.579. The Balaban J connectivity index is 1.39. The van der Waals surface area contributed by atoms with Crippen LogP contribution in [0.1, 0.15) is 43.1 Å². The molecule has 11 heteroatoms. The van der Waals surface area contributed by atoms with Crippen molar-refractivity contribution in [1.29, 1.82) is 0 Å². The number of halogens is 3. The van der Waals surface area contributed by atoms with E-state index in [9.17, 15) is 18.0 Å². The Morgan fingerprint density at radius 1 is 1.27 bits per heavy atom. The molecule has 2 aromatic rings. The van der Waals surface area contributed by atoms with Gasteiger partial charge >= 0.3 is 12.1 Å². The normalized spacial score (nSPS) is 20.5. The number of hydrogen-bond donors (Lipinski definition) is 1. The van der Waals surface area contributed by atoms with Crippen LogP contribution in [0.5, 0.6) is 5.75 Å². The number of hydrogen-bond acceptors (Lipinski definition) is 7. The Bertz CT molecular complexity index is 965. The van der Waals surface area contributed by atoms with Crippen LogP contribution in [-0.4, -0.2) is 47.0 Å². The second-order valence-electron chi connectivity index (χ2n) is 8.09. The van der Waals surface area contributed by atoms with Crippen molar-refractivity contribution in [2.75, 3.05) is 19.8 Å². The molecule has 1 saturated heterocycles. The first-order valence-corrected chi connectivity index (χ1v) is 9.78. The zero-order valence-electron chi connectivity index (χ0n) is 15.9. The fourth-order valence-electron chi connectivity index (χ4n) is 3.25. The van der Waals surface area contributed by atoms with E-state index in [1.807, 2.05) is 5.32 Å². The van der Waals surface area contributed by atoms with Crippen molar-refractivity contribution in [3.8, 4) is 17.3 Å². The lowest BCUT2D eigenvalue weighted by molar-refractivity contribution is -0.184. The highest BCUT2D eigenvalue weighted by Gasteiger charge is 2.52. The molecular formula is C19H19F3N4O4. The number of nitrogens with zero attached hydrogens (tertiary/aromatic N) is 3. The molecule has 0 aromatic carbocycles. The Labute approximate surface area is 169 Å². The molecule has 0 atom stereocenters. The first-order valence-electron chi connectivity index (χ1n) is 9.78. The molecule has 2 saturated carbocycles. The van der Waals surface area contributed by atoms with Crippen molar-refractivity contribution in [2.24, 2.45) is 5.92 Å². The highest BCUT2D eigenvalue weighted by atomic mass is 19.4. The van der Waals surface area contributed by atoms with Gasteiger partial charge < -0.3 is 19.3 Å². The van der Waals surface area contributed by atoms with Gasteiger partial charge in [0.25, 0.3) is 5.89 Å². The Hall–Kier alpha value is -2.69. The number of aromatic nitrogens is 3. The maximum atomic E-state index is 12.7. The van der Waals surface area contributed by atoms with Gasteiger partial charge in [-0.15, -0.1) is 0 Å².